The van der Waals surface area contributed by atoms with Crippen LogP contribution < -0.4 is 48.3 Å². The monoisotopic (exact) mass is 815 g/mol. The molecule has 0 bridgehead atoms. The van der Waals surface area contributed by atoms with Crippen molar-refractivity contribution in [3.05, 3.63) is 0 Å². The van der Waals surface area contributed by atoms with Crippen molar-refractivity contribution in [3.63, 3.8) is 0 Å². The van der Waals surface area contributed by atoms with Gasteiger partial charge in [-0.25, -0.2) is 4.79 Å². The van der Waals surface area contributed by atoms with Crippen molar-refractivity contribution in [1.82, 2.24) is 42.5 Å². The molecule has 0 aromatic heterocycles. The summed E-state index contributed by atoms with van der Waals surface area (Å²) in [6, 6.07) is -10.1. The van der Waals surface area contributed by atoms with E-state index in [-0.39, 0.29) is 5.92 Å². The van der Waals surface area contributed by atoms with Gasteiger partial charge < -0.3 is 63.6 Å². The van der Waals surface area contributed by atoms with E-state index in [1.165, 1.54) is 27.7 Å². The Morgan fingerprint density at radius 3 is 1.09 bits per heavy atom. The summed E-state index contributed by atoms with van der Waals surface area (Å²) in [7, 11) is 0. The maximum atomic E-state index is 13.3. The molecule has 0 aliphatic carbocycles. The standard InChI is InChI=1S/C36H65N9O12/c1-14(2)23(32(52)45-28(21(12)47)35(55)39-19(10)30(50)43-26(17(7)8)36(56)57)40-22(48)13-38-31(51)27(20(11)46)44-34(54)25(16(5)6)42-33(53)24(15(3)4)41-29(49)18(9)37/h14-21,23-28,46-47H,13,37H2,1-12H3,(H,38,51)(H,39,55)(H,40,48)(H,41,49)(H,42,53)(H,43,50)(H,44,54)(H,45,52)(H,56,57)/t18-,19-,20+,21+,23-,24-,25-,26-,27-,28-/m0/s1. The number of carboxylic acids is 1. The zero-order valence-electron chi connectivity index (χ0n) is 34.9. The third-order valence-corrected chi connectivity index (χ3v) is 8.70. The summed E-state index contributed by atoms with van der Waals surface area (Å²) in [6.45, 7) is 17.3. The van der Waals surface area contributed by atoms with Gasteiger partial charge in [-0.1, -0.05) is 55.4 Å². The Kier molecular flexibility index (Phi) is 22.0. The fourth-order valence-electron chi connectivity index (χ4n) is 5.09. The largest absolute Gasteiger partial charge is 0.480 e. The SMILES string of the molecule is CC(C)[C@H](NC(=O)[C@H](C)NC(=O)[C@@H](NC(=O)[C@@H](NC(=O)CNC(=O)[C@@H](NC(=O)[C@@H](NC(=O)[C@@H](NC(=O)[C@H](C)N)C(C)C)C(C)C)[C@@H](C)O)C(C)C)[C@@H](C)O)C(=O)O. The van der Waals surface area contributed by atoms with E-state index in [0.717, 1.165) is 0 Å². The lowest BCUT2D eigenvalue weighted by Crippen LogP contribution is -2.62. The van der Waals surface area contributed by atoms with Gasteiger partial charge in [-0.15, -0.1) is 0 Å². The summed E-state index contributed by atoms with van der Waals surface area (Å²) in [4.78, 5) is 115. The first-order chi connectivity index (χ1) is 26.1. The fraction of sp³-hybridized carbons (Fsp3) is 0.750. The Labute approximate surface area is 333 Å². The van der Waals surface area contributed by atoms with E-state index in [0.29, 0.717) is 0 Å². The molecular formula is C36H65N9O12. The number of nitrogens with one attached hydrogen (secondary N) is 8. The molecular weight excluding hydrogens is 750 g/mol. The second-order valence-electron chi connectivity index (χ2n) is 15.5. The van der Waals surface area contributed by atoms with E-state index in [4.69, 9.17) is 5.73 Å². The Morgan fingerprint density at radius 2 is 0.737 bits per heavy atom. The summed E-state index contributed by atoms with van der Waals surface area (Å²) < 4.78 is 0. The highest BCUT2D eigenvalue weighted by Gasteiger charge is 2.36. The molecule has 57 heavy (non-hydrogen) atoms. The number of aliphatic hydroxyl groups is 2. The summed E-state index contributed by atoms with van der Waals surface area (Å²) >= 11 is 0. The first-order valence-corrected chi connectivity index (χ1v) is 18.9. The van der Waals surface area contributed by atoms with Crippen molar-refractivity contribution >= 4 is 53.2 Å². The molecule has 0 aromatic carbocycles. The third-order valence-electron chi connectivity index (χ3n) is 8.70. The van der Waals surface area contributed by atoms with Gasteiger partial charge in [0.15, 0.2) is 0 Å². The molecule has 21 heteroatoms. The summed E-state index contributed by atoms with van der Waals surface area (Å²) in [5, 5.41) is 49.2. The summed E-state index contributed by atoms with van der Waals surface area (Å²) in [6.07, 6.45) is -2.96. The van der Waals surface area contributed by atoms with Crippen LogP contribution in [0.5, 0.6) is 0 Å². The average Bonchev–Trinajstić information content (AvgIpc) is 3.08. The quantitative estimate of drug-likeness (QED) is 0.0474. The molecule has 0 saturated heterocycles. The molecule has 0 radical (unpaired) electrons. The predicted molar refractivity (Wildman–Crippen MR) is 206 cm³/mol. The summed E-state index contributed by atoms with van der Waals surface area (Å²) in [5.74, 6) is -9.89. The van der Waals surface area contributed by atoms with Crippen LogP contribution in [-0.2, 0) is 43.2 Å². The molecule has 0 aliphatic heterocycles. The Bertz CT molecular complexity index is 1430. The maximum absolute atomic E-state index is 13.3. The predicted octanol–water partition coefficient (Wildman–Crippen LogP) is -3.67. The van der Waals surface area contributed by atoms with E-state index in [1.54, 1.807) is 55.4 Å². The molecule has 0 heterocycles. The molecule has 10 atom stereocenters. The van der Waals surface area contributed by atoms with Crippen LogP contribution in [0.3, 0.4) is 0 Å². The van der Waals surface area contributed by atoms with Crippen molar-refractivity contribution in [3.8, 4) is 0 Å². The van der Waals surface area contributed by atoms with Crippen molar-refractivity contribution in [2.24, 2.45) is 29.4 Å². The maximum Gasteiger partial charge on any atom is 0.326 e. The van der Waals surface area contributed by atoms with Crippen LogP contribution in [0.1, 0.15) is 83.1 Å². The molecule has 0 spiro atoms. The highest BCUT2D eigenvalue weighted by molar-refractivity contribution is 5.97. The zero-order valence-corrected chi connectivity index (χ0v) is 34.9. The Balaban J connectivity index is 5.68. The third kappa shape index (κ3) is 17.4. The van der Waals surface area contributed by atoms with Crippen molar-refractivity contribution < 1.29 is 58.5 Å². The molecule has 21 nitrogen and oxygen atoms in total. The lowest BCUT2D eigenvalue weighted by Gasteiger charge is -2.29. The summed E-state index contributed by atoms with van der Waals surface area (Å²) in [5.41, 5.74) is 5.61. The van der Waals surface area contributed by atoms with Gasteiger partial charge in [0.05, 0.1) is 24.8 Å². The molecule has 0 rings (SSSR count). The molecule has 0 fully saturated rings. The average molecular weight is 816 g/mol. The minimum Gasteiger partial charge on any atom is -0.480 e. The zero-order chi connectivity index (χ0) is 44.6. The van der Waals surface area contributed by atoms with Crippen molar-refractivity contribution in [2.75, 3.05) is 6.54 Å². The molecule has 0 aromatic rings. The van der Waals surface area contributed by atoms with Gasteiger partial charge >= 0.3 is 5.97 Å². The smallest absolute Gasteiger partial charge is 0.326 e. The molecule has 326 valence electrons. The lowest BCUT2D eigenvalue weighted by molar-refractivity contribution is -0.143. The normalized spacial score (nSPS) is 16.7. The van der Waals surface area contributed by atoms with Crippen molar-refractivity contribution in [1.29, 1.82) is 0 Å². The topological polar surface area (TPSA) is 337 Å². The highest BCUT2D eigenvalue weighted by Crippen LogP contribution is 2.09. The number of carbonyl (C=O) groups is 9. The van der Waals surface area contributed by atoms with Crippen LogP contribution in [0, 0.1) is 23.7 Å². The van der Waals surface area contributed by atoms with Gasteiger partial charge in [0.2, 0.25) is 47.3 Å². The minimum absolute atomic E-state index is 0.383. The number of hydrogen-bond acceptors (Lipinski definition) is 12. The van der Waals surface area contributed by atoms with Gasteiger partial charge in [-0.05, 0) is 51.4 Å². The minimum atomic E-state index is -1.61. The van der Waals surface area contributed by atoms with Gasteiger partial charge in [0, 0.05) is 0 Å². The number of nitrogens with two attached hydrogens (primary N) is 1. The van der Waals surface area contributed by atoms with E-state index < -0.39 is 138 Å². The number of aliphatic carboxylic acids is 1. The van der Waals surface area contributed by atoms with Crippen LogP contribution >= 0.6 is 0 Å². The van der Waals surface area contributed by atoms with Crippen molar-refractivity contribution in [2.45, 2.75) is 144 Å². The Hall–Kier alpha value is -4.89. The first-order valence-electron chi connectivity index (χ1n) is 18.9. The van der Waals surface area contributed by atoms with Crippen LogP contribution in [0.2, 0.25) is 0 Å². The first kappa shape index (κ1) is 52.1. The van der Waals surface area contributed by atoms with E-state index in [1.807, 2.05) is 0 Å². The molecule has 13 N–H and O–H groups in total. The van der Waals surface area contributed by atoms with E-state index in [2.05, 4.69) is 42.5 Å². The van der Waals surface area contributed by atoms with Crippen LogP contribution in [0.25, 0.3) is 0 Å². The molecule has 8 amide bonds. The van der Waals surface area contributed by atoms with Gasteiger partial charge in [-0.2, -0.15) is 0 Å². The van der Waals surface area contributed by atoms with Crippen LogP contribution in [0.15, 0.2) is 0 Å². The number of rotatable bonds is 23. The number of hydrogen-bond donors (Lipinski definition) is 12. The number of amides is 8. The number of carbonyl (C=O) groups excluding carboxylic acids is 8. The molecule has 0 saturated carbocycles. The fourth-order valence-corrected chi connectivity index (χ4v) is 5.09. The van der Waals surface area contributed by atoms with Crippen LogP contribution in [-0.4, -0.2) is 136 Å². The second-order valence-corrected chi connectivity index (χ2v) is 15.5. The number of aliphatic hydroxyl groups excluding tert-OH is 2. The number of carboxylic acid groups (broad SMARTS) is 1. The van der Waals surface area contributed by atoms with Gasteiger partial charge in [-0.3, -0.25) is 38.4 Å². The lowest BCUT2D eigenvalue weighted by atomic mass is 9.99. The van der Waals surface area contributed by atoms with E-state index >= 15 is 0 Å². The molecule has 0 aliphatic rings. The van der Waals surface area contributed by atoms with Crippen LogP contribution in [0.4, 0.5) is 0 Å². The second kappa shape index (κ2) is 24.0. The van der Waals surface area contributed by atoms with Gasteiger partial charge in [0.1, 0.15) is 42.3 Å². The Morgan fingerprint density at radius 1 is 0.421 bits per heavy atom. The highest BCUT2D eigenvalue weighted by atomic mass is 16.4. The van der Waals surface area contributed by atoms with Gasteiger partial charge in [0.25, 0.3) is 0 Å². The van der Waals surface area contributed by atoms with E-state index in [9.17, 15) is 58.5 Å². The molecule has 0 unspecified atom stereocenters.